The Morgan fingerprint density at radius 3 is 2.48 bits per heavy atom. The zero-order valence-electron chi connectivity index (χ0n) is 15.2. The molecule has 0 atom stereocenters. The summed E-state index contributed by atoms with van der Waals surface area (Å²) in [6.45, 7) is 7.67. The number of ether oxygens (including phenoxy) is 2. The monoisotopic (exact) mass is 341 g/mol. The fourth-order valence-corrected chi connectivity index (χ4v) is 2.17. The lowest BCUT2D eigenvalue weighted by molar-refractivity contribution is 0.102. The van der Waals surface area contributed by atoms with Crippen LogP contribution in [0, 0.1) is 5.92 Å². The summed E-state index contributed by atoms with van der Waals surface area (Å²) in [5, 5.41) is 2.90. The standard InChI is InChI=1S/C21H27NO3/c1-4-5-13-24-20-8-6-7-18(14-20)22-21(23)17-9-11-19(12-10-17)25-15-16(2)3/h6-12,14,16H,4-5,13,15H2,1-3H3,(H,22,23). The molecule has 134 valence electrons. The van der Waals surface area contributed by atoms with Crippen molar-refractivity contribution in [2.45, 2.75) is 33.6 Å². The molecule has 0 saturated carbocycles. The third-order valence-corrected chi connectivity index (χ3v) is 3.56. The average molecular weight is 341 g/mol. The Kier molecular flexibility index (Phi) is 7.33. The van der Waals surface area contributed by atoms with Crippen LogP contribution >= 0.6 is 0 Å². The molecule has 4 nitrogen and oxygen atoms in total. The van der Waals surface area contributed by atoms with Gasteiger partial charge in [0.25, 0.3) is 5.91 Å². The van der Waals surface area contributed by atoms with Crippen LogP contribution in [0.15, 0.2) is 48.5 Å². The van der Waals surface area contributed by atoms with E-state index in [1.807, 2.05) is 36.4 Å². The Balaban J connectivity index is 1.93. The lowest BCUT2D eigenvalue weighted by Crippen LogP contribution is -2.12. The van der Waals surface area contributed by atoms with Gasteiger partial charge in [-0.3, -0.25) is 4.79 Å². The maximum absolute atomic E-state index is 12.4. The van der Waals surface area contributed by atoms with Crippen molar-refractivity contribution in [3.8, 4) is 11.5 Å². The van der Waals surface area contributed by atoms with Gasteiger partial charge in [0.2, 0.25) is 0 Å². The molecule has 2 rings (SSSR count). The molecule has 2 aromatic rings. The number of carbonyl (C=O) groups is 1. The van der Waals surface area contributed by atoms with E-state index in [1.165, 1.54) is 0 Å². The summed E-state index contributed by atoms with van der Waals surface area (Å²) < 4.78 is 11.3. The van der Waals surface area contributed by atoms with Crippen molar-refractivity contribution in [3.05, 3.63) is 54.1 Å². The molecule has 4 heteroatoms. The fourth-order valence-electron chi connectivity index (χ4n) is 2.17. The molecule has 0 radical (unpaired) electrons. The van der Waals surface area contributed by atoms with Gasteiger partial charge in [-0.25, -0.2) is 0 Å². The molecule has 1 amide bonds. The van der Waals surface area contributed by atoms with E-state index in [2.05, 4.69) is 26.1 Å². The van der Waals surface area contributed by atoms with E-state index in [-0.39, 0.29) is 5.91 Å². The van der Waals surface area contributed by atoms with Crippen LogP contribution in [0.2, 0.25) is 0 Å². The number of amides is 1. The number of rotatable bonds is 9. The van der Waals surface area contributed by atoms with E-state index in [4.69, 9.17) is 9.47 Å². The highest BCUT2D eigenvalue weighted by molar-refractivity contribution is 6.04. The van der Waals surface area contributed by atoms with Gasteiger partial charge in [0.1, 0.15) is 11.5 Å². The molecule has 0 heterocycles. The van der Waals surface area contributed by atoms with Crippen molar-refractivity contribution in [2.24, 2.45) is 5.92 Å². The first-order chi connectivity index (χ1) is 12.1. The highest BCUT2D eigenvalue weighted by Gasteiger charge is 2.07. The van der Waals surface area contributed by atoms with Crippen LogP contribution in [0.25, 0.3) is 0 Å². The zero-order valence-corrected chi connectivity index (χ0v) is 15.2. The van der Waals surface area contributed by atoms with Crippen molar-refractivity contribution in [1.82, 2.24) is 0 Å². The normalized spacial score (nSPS) is 10.6. The second-order valence-corrected chi connectivity index (χ2v) is 6.41. The first-order valence-corrected chi connectivity index (χ1v) is 8.85. The lowest BCUT2D eigenvalue weighted by Gasteiger charge is -2.10. The van der Waals surface area contributed by atoms with Gasteiger partial charge in [-0.2, -0.15) is 0 Å². The average Bonchev–Trinajstić information content (AvgIpc) is 2.61. The van der Waals surface area contributed by atoms with E-state index in [1.54, 1.807) is 12.1 Å². The molecular formula is C21H27NO3. The minimum atomic E-state index is -0.152. The zero-order chi connectivity index (χ0) is 18.1. The molecular weight excluding hydrogens is 314 g/mol. The molecule has 0 saturated heterocycles. The first-order valence-electron chi connectivity index (χ1n) is 8.85. The molecule has 2 aromatic carbocycles. The summed E-state index contributed by atoms with van der Waals surface area (Å²) in [7, 11) is 0. The maximum atomic E-state index is 12.4. The molecule has 0 aliphatic carbocycles. The predicted molar refractivity (Wildman–Crippen MR) is 102 cm³/mol. The van der Waals surface area contributed by atoms with Gasteiger partial charge in [-0.05, 0) is 48.7 Å². The summed E-state index contributed by atoms with van der Waals surface area (Å²) in [6.07, 6.45) is 2.11. The quantitative estimate of drug-likeness (QED) is 0.641. The van der Waals surface area contributed by atoms with Crippen LogP contribution in [0.4, 0.5) is 5.69 Å². The van der Waals surface area contributed by atoms with Crippen molar-refractivity contribution < 1.29 is 14.3 Å². The van der Waals surface area contributed by atoms with Gasteiger partial charge in [0, 0.05) is 17.3 Å². The van der Waals surface area contributed by atoms with Crippen LogP contribution in [0.1, 0.15) is 44.0 Å². The van der Waals surface area contributed by atoms with Crippen LogP contribution < -0.4 is 14.8 Å². The van der Waals surface area contributed by atoms with Crippen molar-refractivity contribution in [1.29, 1.82) is 0 Å². The summed E-state index contributed by atoms with van der Waals surface area (Å²) in [4.78, 5) is 12.4. The number of hydrogen-bond donors (Lipinski definition) is 1. The molecule has 0 aromatic heterocycles. The summed E-state index contributed by atoms with van der Waals surface area (Å²) >= 11 is 0. The van der Waals surface area contributed by atoms with Crippen molar-refractivity contribution >= 4 is 11.6 Å². The van der Waals surface area contributed by atoms with E-state index in [0.717, 1.165) is 30.0 Å². The molecule has 1 N–H and O–H groups in total. The number of hydrogen-bond acceptors (Lipinski definition) is 3. The minimum absolute atomic E-state index is 0.152. The van der Waals surface area contributed by atoms with E-state index < -0.39 is 0 Å². The molecule has 25 heavy (non-hydrogen) atoms. The van der Waals surface area contributed by atoms with Gasteiger partial charge < -0.3 is 14.8 Å². The maximum Gasteiger partial charge on any atom is 0.255 e. The molecule has 0 spiro atoms. The molecule has 0 unspecified atom stereocenters. The Labute approximate surface area is 150 Å². The van der Waals surface area contributed by atoms with E-state index in [0.29, 0.717) is 24.7 Å². The molecule has 0 aliphatic heterocycles. The summed E-state index contributed by atoms with van der Waals surface area (Å²) in [5.74, 6) is 1.86. The van der Waals surface area contributed by atoms with Gasteiger partial charge in [-0.1, -0.05) is 33.3 Å². The topological polar surface area (TPSA) is 47.6 Å². The fraction of sp³-hybridized carbons (Fsp3) is 0.381. The van der Waals surface area contributed by atoms with Crippen molar-refractivity contribution in [2.75, 3.05) is 18.5 Å². The van der Waals surface area contributed by atoms with Crippen LogP contribution in [0.5, 0.6) is 11.5 Å². The van der Waals surface area contributed by atoms with Gasteiger partial charge in [0.05, 0.1) is 13.2 Å². The predicted octanol–water partition coefficient (Wildman–Crippen LogP) is 5.15. The molecule has 0 aliphatic rings. The van der Waals surface area contributed by atoms with E-state index >= 15 is 0 Å². The highest BCUT2D eigenvalue weighted by atomic mass is 16.5. The third-order valence-electron chi connectivity index (χ3n) is 3.56. The second kappa shape index (κ2) is 9.72. The lowest BCUT2D eigenvalue weighted by atomic mass is 10.2. The van der Waals surface area contributed by atoms with E-state index in [9.17, 15) is 4.79 Å². The Hall–Kier alpha value is -2.49. The Morgan fingerprint density at radius 2 is 1.80 bits per heavy atom. The molecule has 0 fully saturated rings. The SMILES string of the molecule is CCCCOc1cccc(NC(=O)c2ccc(OCC(C)C)cc2)c1. The number of nitrogens with one attached hydrogen (secondary N) is 1. The largest absolute Gasteiger partial charge is 0.494 e. The van der Waals surface area contributed by atoms with Gasteiger partial charge in [0.15, 0.2) is 0 Å². The smallest absolute Gasteiger partial charge is 0.255 e. The highest BCUT2D eigenvalue weighted by Crippen LogP contribution is 2.19. The number of benzene rings is 2. The number of carbonyl (C=O) groups excluding carboxylic acids is 1. The summed E-state index contributed by atoms with van der Waals surface area (Å²) in [5.41, 5.74) is 1.31. The third kappa shape index (κ3) is 6.49. The number of unbranched alkanes of at least 4 members (excludes halogenated alkanes) is 1. The Morgan fingerprint density at radius 1 is 1.04 bits per heavy atom. The Bertz CT molecular complexity index is 665. The second-order valence-electron chi connectivity index (χ2n) is 6.41. The summed E-state index contributed by atoms with van der Waals surface area (Å²) in [6, 6.07) is 14.6. The number of anilines is 1. The first kappa shape index (κ1) is 18.8. The van der Waals surface area contributed by atoms with Gasteiger partial charge in [-0.15, -0.1) is 0 Å². The van der Waals surface area contributed by atoms with Crippen LogP contribution in [-0.2, 0) is 0 Å². The molecule has 0 bridgehead atoms. The van der Waals surface area contributed by atoms with Crippen LogP contribution in [-0.4, -0.2) is 19.1 Å². The minimum Gasteiger partial charge on any atom is -0.494 e. The van der Waals surface area contributed by atoms with Crippen molar-refractivity contribution in [3.63, 3.8) is 0 Å². The van der Waals surface area contributed by atoms with Crippen LogP contribution in [0.3, 0.4) is 0 Å². The van der Waals surface area contributed by atoms with Gasteiger partial charge >= 0.3 is 0 Å².